The minimum atomic E-state index is -0.667. The Kier molecular flexibility index (Phi) is 64.4. The van der Waals surface area contributed by atoms with Gasteiger partial charge in [-0.3, -0.25) is 9.59 Å². The fraction of sp³-hybridized carbons (Fsp3) is 0.971. The molecule has 0 aromatic carbocycles. The Morgan fingerprint density at radius 3 is 0.813 bits per heavy atom. The van der Waals surface area contributed by atoms with Gasteiger partial charge in [0.2, 0.25) is 5.91 Å². The predicted octanol–water partition coefficient (Wildman–Crippen LogP) is 22.2. The maximum absolute atomic E-state index is 12.6. The van der Waals surface area contributed by atoms with E-state index in [0.29, 0.717) is 25.9 Å². The molecule has 0 fully saturated rings. The quantitative estimate of drug-likeness (QED) is 0.0417. The van der Waals surface area contributed by atoms with Gasteiger partial charge >= 0.3 is 5.97 Å². The summed E-state index contributed by atoms with van der Waals surface area (Å²) in [5.74, 6) is -0.0205. The number of carbonyl (C=O) groups excluding carboxylic acids is 2. The molecule has 2 atom stereocenters. The van der Waals surface area contributed by atoms with Crippen molar-refractivity contribution in [3.8, 4) is 0 Å². The molecule has 448 valence electrons. The maximum Gasteiger partial charge on any atom is 0.305 e. The van der Waals surface area contributed by atoms with Gasteiger partial charge in [0.1, 0.15) is 0 Å². The Labute approximate surface area is 470 Å². The van der Waals surface area contributed by atoms with Gasteiger partial charge in [-0.25, -0.2) is 0 Å². The number of aliphatic hydroxyl groups excluding tert-OH is 2. The Hall–Kier alpha value is -1.14. The molecule has 0 bridgehead atoms. The van der Waals surface area contributed by atoms with Crippen LogP contribution in [0.15, 0.2) is 0 Å². The fourth-order valence-corrected chi connectivity index (χ4v) is 11.4. The molecule has 2 unspecified atom stereocenters. The van der Waals surface area contributed by atoms with Crippen molar-refractivity contribution in [3.63, 3.8) is 0 Å². The van der Waals surface area contributed by atoms with E-state index in [1.165, 1.54) is 334 Å². The van der Waals surface area contributed by atoms with Crippen LogP contribution in [0, 0.1) is 0 Å². The molecule has 1 amide bonds. The van der Waals surface area contributed by atoms with Crippen molar-refractivity contribution in [2.75, 3.05) is 13.2 Å². The number of hydrogen-bond donors (Lipinski definition) is 3. The Balaban J connectivity index is 3.38. The minimum absolute atomic E-state index is 0.0126. The number of rotatable bonds is 66. The van der Waals surface area contributed by atoms with Crippen LogP contribution in [0.5, 0.6) is 0 Å². The van der Waals surface area contributed by atoms with E-state index in [2.05, 4.69) is 19.2 Å². The lowest BCUT2D eigenvalue weighted by Gasteiger charge is -2.22. The van der Waals surface area contributed by atoms with Crippen LogP contribution < -0.4 is 5.32 Å². The molecule has 0 aliphatic heterocycles. The highest BCUT2D eigenvalue weighted by atomic mass is 16.5. The standard InChI is InChI=1S/C69H137NO5/c1-3-5-7-9-11-13-15-17-19-21-22-23-24-25-26-27-30-33-37-41-45-49-53-57-61-67(72)66(65-71)70-68(73)62-58-54-50-46-42-38-34-31-28-29-32-36-40-44-48-52-56-60-64-75-69(74)63-59-55-51-47-43-39-35-20-18-16-14-12-10-8-6-4-2/h66-67,71-72H,3-65H2,1-2H3,(H,70,73). The number of hydrogen-bond acceptors (Lipinski definition) is 5. The SMILES string of the molecule is CCCCCCCCCCCCCCCCCCCCCCCCCCC(O)C(CO)NC(=O)CCCCCCCCCCCCCCCCCCCCOC(=O)CCCCCCCCCCCCCCCCCC. The normalized spacial score (nSPS) is 12.4. The van der Waals surface area contributed by atoms with Gasteiger partial charge < -0.3 is 20.3 Å². The van der Waals surface area contributed by atoms with Gasteiger partial charge in [-0.1, -0.05) is 367 Å². The van der Waals surface area contributed by atoms with Crippen LogP contribution in [-0.4, -0.2) is 47.4 Å². The summed E-state index contributed by atoms with van der Waals surface area (Å²) in [4.78, 5) is 24.6. The molecule has 6 heteroatoms. The third-order valence-electron chi connectivity index (χ3n) is 16.7. The Morgan fingerprint density at radius 2 is 0.547 bits per heavy atom. The van der Waals surface area contributed by atoms with Gasteiger partial charge in [0.15, 0.2) is 0 Å². The van der Waals surface area contributed by atoms with Gasteiger partial charge in [-0.2, -0.15) is 0 Å². The topological polar surface area (TPSA) is 95.9 Å². The summed E-state index contributed by atoms with van der Waals surface area (Å²) in [6.45, 7) is 5.00. The van der Waals surface area contributed by atoms with Gasteiger partial charge in [-0.05, 0) is 25.7 Å². The van der Waals surface area contributed by atoms with Crippen LogP contribution in [0.25, 0.3) is 0 Å². The molecule has 0 saturated carbocycles. The van der Waals surface area contributed by atoms with E-state index < -0.39 is 12.1 Å². The third kappa shape index (κ3) is 61.9. The third-order valence-corrected chi connectivity index (χ3v) is 16.7. The number of ether oxygens (including phenoxy) is 1. The van der Waals surface area contributed by atoms with Crippen LogP contribution in [0.4, 0.5) is 0 Å². The van der Waals surface area contributed by atoms with E-state index in [1.54, 1.807) is 0 Å². The molecule has 0 aliphatic rings. The van der Waals surface area contributed by atoms with Gasteiger partial charge in [0.25, 0.3) is 0 Å². The first kappa shape index (κ1) is 73.9. The first-order valence-corrected chi connectivity index (χ1v) is 34.8. The molecule has 3 N–H and O–H groups in total. The predicted molar refractivity (Wildman–Crippen MR) is 329 cm³/mol. The zero-order valence-electron chi connectivity index (χ0n) is 51.3. The average Bonchev–Trinajstić information content (AvgIpc) is 3.41. The average molecular weight is 1060 g/mol. The summed E-state index contributed by atoms with van der Waals surface area (Å²) in [6.07, 6.45) is 78.5. The molecule has 0 saturated heterocycles. The van der Waals surface area contributed by atoms with Crippen LogP contribution >= 0.6 is 0 Å². The summed E-state index contributed by atoms with van der Waals surface area (Å²) in [5.41, 5.74) is 0. The number of amides is 1. The van der Waals surface area contributed by atoms with Crippen molar-refractivity contribution in [2.24, 2.45) is 0 Å². The molecule has 0 spiro atoms. The Bertz CT molecular complexity index is 1080. The zero-order valence-corrected chi connectivity index (χ0v) is 51.3. The fourth-order valence-electron chi connectivity index (χ4n) is 11.4. The lowest BCUT2D eigenvalue weighted by atomic mass is 10.0. The highest BCUT2D eigenvalue weighted by Gasteiger charge is 2.20. The summed E-state index contributed by atoms with van der Waals surface area (Å²) in [6, 6.07) is -0.545. The second-order valence-corrected chi connectivity index (χ2v) is 24.2. The van der Waals surface area contributed by atoms with E-state index in [0.717, 1.165) is 38.5 Å². The molecule has 0 aliphatic carbocycles. The smallest absolute Gasteiger partial charge is 0.305 e. The van der Waals surface area contributed by atoms with E-state index in [1.807, 2.05) is 0 Å². The van der Waals surface area contributed by atoms with Crippen molar-refractivity contribution in [2.45, 2.75) is 418 Å². The summed E-state index contributed by atoms with van der Waals surface area (Å²) >= 11 is 0. The molecule has 0 rings (SSSR count). The van der Waals surface area contributed by atoms with Crippen molar-refractivity contribution < 1.29 is 24.5 Å². The largest absolute Gasteiger partial charge is 0.466 e. The monoisotopic (exact) mass is 1060 g/mol. The summed E-state index contributed by atoms with van der Waals surface area (Å²) in [5, 5.41) is 23.4. The lowest BCUT2D eigenvalue weighted by molar-refractivity contribution is -0.143. The molecule has 75 heavy (non-hydrogen) atoms. The molecule has 0 heterocycles. The first-order valence-electron chi connectivity index (χ1n) is 34.8. The number of unbranched alkanes of at least 4 members (excludes halogenated alkanes) is 55. The first-order chi connectivity index (χ1) is 37.0. The summed E-state index contributed by atoms with van der Waals surface area (Å²) < 4.78 is 5.50. The minimum Gasteiger partial charge on any atom is -0.466 e. The van der Waals surface area contributed by atoms with Crippen molar-refractivity contribution >= 4 is 11.9 Å². The second kappa shape index (κ2) is 65.4. The van der Waals surface area contributed by atoms with Crippen molar-refractivity contribution in [3.05, 3.63) is 0 Å². The molecular formula is C69H137NO5. The highest BCUT2D eigenvalue weighted by Crippen LogP contribution is 2.19. The Morgan fingerprint density at radius 1 is 0.320 bits per heavy atom. The van der Waals surface area contributed by atoms with E-state index >= 15 is 0 Å². The summed E-state index contributed by atoms with van der Waals surface area (Å²) in [7, 11) is 0. The van der Waals surface area contributed by atoms with Crippen LogP contribution in [0.2, 0.25) is 0 Å². The molecular weight excluding hydrogens is 923 g/mol. The number of nitrogens with one attached hydrogen (secondary N) is 1. The lowest BCUT2D eigenvalue weighted by Crippen LogP contribution is -2.45. The molecule has 0 aromatic heterocycles. The number of carbonyl (C=O) groups is 2. The molecule has 6 nitrogen and oxygen atoms in total. The van der Waals surface area contributed by atoms with Gasteiger partial charge in [-0.15, -0.1) is 0 Å². The molecule has 0 radical (unpaired) electrons. The van der Waals surface area contributed by atoms with Crippen LogP contribution in [0.1, 0.15) is 406 Å². The number of aliphatic hydroxyl groups is 2. The second-order valence-electron chi connectivity index (χ2n) is 24.2. The van der Waals surface area contributed by atoms with Crippen LogP contribution in [0.3, 0.4) is 0 Å². The maximum atomic E-state index is 12.6. The zero-order chi connectivity index (χ0) is 54.3. The van der Waals surface area contributed by atoms with Crippen LogP contribution in [-0.2, 0) is 14.3 Å². The molecule has 0 aromatic rings. The van der Waals surface area contributed by atoms with Crippen molar-refractivity contribution in [1.82, 2.24) is 5.32 Å². The van der Waals surface area contributed by atoms with Gasteiger partial charge in [0.05, 0.1) is 25.4 Å². The van der Waals surface area contributed by atoms with E-state index in [4.69, 9.17) is 4.74 Å². The number of esters is 1. The van der Waals surface area contributed by atoms with E-state index in [-0.39, 0.29) is 18.5 Å². The van der Waals surface area contributed by atoms with E-state index in [9.17, 15) is 19.8 Å². The van der Waals surface area contributed by atoms with Gasteiger partial charge in [0, 0.05) is 12.8 Å². The van der Waals surface area contributed by atoms with Crippen molar-refractivity contribution in [1.29, 1.82) is 0 Å². The highest BCUT2D eigenvalue weighted by molar-refractivity contribution is 5.76.